The van der Waals surface area contributed by atoms with E-state index < -0.39 is 0 Å². The van der Waals surface area contributed by atoms with E-state index in [1.165, 1.54) is 19.3 Å². The molecule has 0 amide bonds. The van der Waals surface area contributed by atoms with Crippen molar-refractivity contribution in [1.29, 1.82) is 0 Å². The second-order valence-corrected chi connectivity index (χ2v) is 5.83. The van der Waals surface area contributed by atoms with Gasteiger partial charge in [0.15, 0.2) is 5.82 Å². The van der Waals surface area contributed by atoms with E-state index >= 15 is 0 Å². The zero-order valence-electron chi connectivity index (χ0n) is 12.6. The number of hydrogen-bond donors (Lipinski definition) is 1. The van der Waals surface area contributed by atoms with Crippen LogP contribution in [0.3, 0.4) is 0 Å². The van der Waals surface area contributed by atoms with Crippen molar-refractivity contribution >= 4 is 5.82 Å². The summed E-state index contributed by atoms with van der Waals surface area (Å²) in [5.41, 5.74) is 2.05. The fourth-order valence-corrected chi connectivity index (χ4v) is 2.66. The first-order chi connectivity index (χ1) is 9.08. The number of aryl methyl sites for hydroxylation is 2. The Morgan fingerprint density at radius 2 is 2.16 bits per heavy atom. The third-order valence-corrected chi connectivity index (χ3v) is 3.71. The van der Waals surface area contributed by atoms with Gasteiger partial charge in [0.25, 0.3) is 0 Å². The zero-order valence-corrected chi connectivity index (χ0v) is 12.6. The Kier molecular flexibility index (Phi) is 4.75. The Balaban J connectivity index is 2.16. The van der Waals surface area contributed by atoms with Crippen LogP contribution >= 0.6 is 0 Å². The maximum absolute atomic E-state index is 4.71. The number of nitrogens with zero attached hydrogens (tertiary/aromatic N) is 3. The highest BCUT2D eigenvalue weighted by molar-refractivity contribution is 5.45. The van der Waals surface area contributed by atoms with Gasteiger partial charge in [0.05, 0.1) is 11.4 Å². The van der Waals surface area contributed by atoms with Gasteiger partial charge in [-0.1, -0.05) is 13.8 Å². The lowest BCUT2D eigenvalue weighted by atomic mass is 10.0. The molecule has 4 heteroatoms. The van der Waals surface area contributed by atoms with Gasteiger partial charge in [0.2, 0.25) is 0 Å². The lowest BCUT2D eigenvalue weighted by Gasteiger charge is -2.37. The molecule has 4 nitrogen and oxygen atoms in total. The third kappa shape index (κ3) is 3.66. The minimum absolute atomic E-state index is 0.536. The topological polar surface area (TPSA) is 41.1 Å². The molecule has 2 heterocycles. The summed E-state index contributed by atoms with van der Waals surface area (Å²) in [4.78, 5) is 11.6. The van der Waals surface area contributed by atoms with Gasteiger partial charge in [-0.3, -0.25) is 4.98 Å². The quantitative estimate of drug-likeness (QED) is 0.905. The van der Waals surface area contributed by atoms with Gasteiger partial charge < -0.3 is 10.2 Å². The van der Waals surface area contributed by atoms with E-state index in [0.717, 1.165) is 30.3 Å². The molecule has 19 heavy (non-hydrogen) atoms. The SMILES string of the molecule is Cc1cnc(C)c(N2CCCCC2CNC(C)C)n1. The second-order valence-electron chi connectivity index (χ2n) is 5.83. The van der Waals surface area contributed by atoms with Crippen molar-refractivity contribution in [2.24, 2.45) is 0 Å². The normalized spacial score (nSPS) is 20.1. The molecule has 1 aliphatic heterocycles. The van der Waals surface area contributed by atoms with Crippen LogP contribution in [0.25, 0.3) is 0 Å². The van der Waals surface area contributed by atoms with Crippen molar-refractivity contribution in [1.82, 2.24) is 15.3 Å². The molecule has 2 rings (SSSR count). The highest BCUT2D eigenvalue weighted by Gasteiger charge is 2.25. The van der Waals surface area contributed by atoms with E-state index in [1.807, 2.05) is 13.1 Å². The summed E-state index contributed by atoms with van der Waals surface area (Å²) >= 11 is 0. The minimum atomic E-state index is 0.536. The molecule has 1 unspecified atom stereocenters. The van der Waals surface area contributed by atoms with Gasteiger partial charge in [-0.05, 0) is 33.1 Å². The Morgan fingerprint density at radius 3 is 2.89 bits per heavy atom. The van der Waals surface area contributed by atoms with E-state index in [9.17, 15) is 0 Å². The molecule has 0 saturated carbocycles. The van der Waals surface area contributed by atoms with Gasteiger partial charge in [-0.2, -0.15) is 0 Å². The number of piperidine rings is 1. The smallest absolute Gasteiger partial charge is 0.150 e. The van der Waals surface area contributed by atoms with Crippen LogP contribution in [0.15, 0.2) is 6.20 Å². The van der Waals surface area contributed by atoms with Crippen LogP contribution in [0.4, 0.5) is 5.82 Å². The number of aromatic nitrogens is 2. The van der Waals surface area contributed by atoms with E-state index in [2.05, 4.69) is 36.0 Å². The van der Waals surface area contributed by atoms with Gasteiger partial charge in [0.1, 0.15) is 0 Å². The van der Waals surface area contributed by atoms with Crippen LogP contribution in [-0.2, 0) is 0 Å². The van der Waals surface area contributed by atoms with Crippen LogP contribution < -0.4 is 10.2 Å². The zero-order chi connectivity index (χ0) is 13.8. The summed E-state index contributed by atoms with van der Waals surface area (Å²) in [5, 5.41) is 3.56. The molecule has 0 radical (unpaired) electrons. The summed E-state index contributed by atoms with van der Waals surface area (Å²) in [6, 6.07) is 1.08. The predicted octanol–water partition coefficient (Wildman–Crippen LogP) is 2.45. The molecule has 106 valence electrons. The molecule has 0 aliphatic carbocycles. The summed E-state index contributed by atoms with van der Waals surface area (Å²) in [7, 11) is 0. The van der Waals surface area contributed by atoms with Gasteiger partial charge >= 0.3 is 0 Å². The predicted molar refractivity (Wildman–Crippen MR) is 79.6 cm³/mol. The molecule has 1 aromatic rings. The summed E-state index contributed by atoms with van der Waals surface area (Å²) in [6.07, 6.45) is 5.67. The van der Waals surface area contributed by atoms with Crippen LogP contribution in [0.1, 0.15) is 44.5 Å². The molecule has 1 saturated heterocycles. The van der Waals surface area contributed by atoms with Gasteiger partial charge in [0, 0.05) is 31.4 Å². The van der Waals surface area contributed by atoms with E-state index in [4.69, 9.17) is 4.98 Å². The molecule has 0 spiro atoms. The molecule has 0 bridgehead atoms. The van der Waals surface area contributed by atoms with Crippen molar-refractivity contribution in [3.63, 3.8) is 0 Å². The van der Waals surface area contributed by atoms with Gasteiger partial charge in [-0.15, -0.1) is 0 Å². The largest absolute Gasteiger partial charge is 0.351 e. The lowest BCUT2D eigenvalue weighted by molar-refractivity contribution is 0.418. The maximum atomic E-state index is 4.71. The standard InChI is InChI=1S/C15H26N4/c1-11(2)16-10-14-7-5-6-8-19(14)15-13(4)17-9-12(3)18-15/h9,11,14,16H,5-8,10H2,1-4H3. The summed E-state index contributed by atoms with van der Waals surface area (Å²) < 4.78 is 0. The average Bonchev–Trinajstić information content (AvgIpc) is 2.39. The van der Waals surface area contributed by atoms with Crippen LogP contribution in [0.5, 0.6) is 0 Å². The van der Waals surface area contributed by atoms with Crippen LogP contribution in [0.2, 0.25) is 0 Å². The average molecular weight is 262 g/mol. The van der Waals surface area contributed by atoms with Crippen molar-refractivity contribution < 1.29 is 0 Å². The van der Waals surface area contributed by atoms with E-state index in [-0.39, 0.29) is 0 Å². The molecule has 1 aromatic heterocycles. The lowest BCUT2D eigenvalue weighted by Crippen LogP contribution is -2.47. The minimum Gasteiger partial charge on any atom is -0.351 e. The Hall–Kier alpha value is -1.16. The van der Waals surface area contributed by atoms with E-state index in [0.29, 0.717) is 12.1 Å². The van der Waals surface area contributed by atoms with Crippen LogP contribution in [-0.4, -0.2) is 35.1 Å². The number of rotatable bonds is 4. The Morgan fingerprint density at radius 1 is 1.37 bits per heavy atom. The maximum Gasteiger partial charge on any atom is 0.150 e. The molecular formula is C15H26N4. The van der Waals surface area contributed by atoms with E-state index in [1.54, 1.807) is 0 Å². The number of hydrogen-bond acceptors (Lipinski definition) is 4. The fourth-order valence-electron chi connectivity index (χ4n) is 2.66. The number of nitrogens with one attached hydrogen (secondary N) is 1. The molecule has 1 N–H and O–H groups in total. The highest BCUT2D eigenvalue weighted by atomic mass is 15.2. The first-order valence-electron chi connectivity index (χ1n) is 7.38. The molecule has 1 atom stereocenters. The number of anilines is 1. The Labute approximate surface area is 116 Å². The molecule has 1 aliphatic rings. The van der Waals surface area contributed by atoms with Crippen molar-refractivity contribution in [3.8, 4) is 0 Å². The first-order valence-corrected chi connectivity index (χ1v) is 7.38. The summed E-state index contributed by atoms with van der Waals surface area (Å²) in [6.45, 7) is 10.6. The second kappa shape index (κ2) is 6.33. The first kappa shape index (κ1) is 14.3. The molecule has 0 aromatic carbocycles. The van der Waals surface area contributed by atoms with Crippen molar-refractivity contribution in [2.75, 3.05) is 18.0 Å². The van der Waals surface area contributed by atoms with Crippen molar-refractivity contribution in [3.05, 3.63) is 17.6 Å². The monoisotopic (exact) mass is 262 g/mol. The van der Waals surface area contributed by atoms with Crippen molar-refractivity contribution in [2.45, 2.75) is 59.0 Å². The molecular weight excluding hydrogens is 236 g/mol. The third-order valence-electron chi connectivity index (χ3n) is 3.71. The van der Waals surface area contributed by atoms with Gasteiger partial charge in [-0.25, -0.2) is 4.98 Å². The van der Waals surface area contributed by atoms with Crippen LogP contribution in [0, 0.1) is 13.8 Å². The Bertz CT molecular complexity index is 417. The molecule has 1 fully saturated rings. The summed E-state index contributed by atoms with van der Waals surface area (Å²) in [5.74, 6) is 1.08. The highest BCUT2D eigenvalue weighted by Crippen LogP contribution is 2.25. The fraction of sp³-hybridized carbons (Fsp3) is 0.733.